The lowest BCUT2D eigenvalue weighted by Crippen LogP contribution is -2.31. The minimum absolute atomic E-state index is 0.0559. The van der Waals surface area contributed by atoms with E-state index >= 15 is 0 Å². The number of hydrogen-bond acceptors (Lipinski definition) is 5. The Kier molecular flexibility index (Phi) is 4.85. The van der Waals surface area contributed by atoms with Crippen LogP contribution in [0.5, 0.6) is 5.75 Å². The molecule has 4 rings (SSSR count). The van der Waals surface area contributed by atoms with Gasteiger partial charge in [0.25, 0.3) is 5.91 Å². The van der Waals surface area contributed by atoms with Gasteiger partial charge in [0.1, 0.15) is 11.3 Å². The highest BCUT2D eigenvalue weighted by Gasteiger charge is 2.37. The van der Waals surface area contributed by atoms with Crippen LogP contribution in [0.2, 0.25) is 0 Å². The van der Waals surface area contributed by atoms with Crippen LogP contribution in [0.25, 0.3) is 10.9 Å². The molecule has 1 aliphatic heterocycles. The first-order valence-electron chi connectivity index (χ1n) is 9.36. The maximum Gasteiger partial charge on any atom is 0.258 e. The molecular formula is C21H20FN3O4S. The van der Waals surface area contributed by atoms with Crippen molar-refractivity contribution in [2.24, 2.45) is 0 Å². The summed E-state index contributed by atoms with van der Waals surface area (Å²) in [5, 5.41) is 11.3. The fraction of sp³-hybridized carbons (Fsp3) is 0.238. The van der Waals surface area contributed by atoms with Crippen molar-refractivity contribution in [3.05, 3.63) is 65.1 Å². The van der Waals surface area contributed by atoms with Crippen LogP contribution in [-0.4, -0.2) is 42.1 Å². The standard InChI is InChI=1S/C21H20FN3O4S/c1-3-25(30(2,28)29)19-15-5-4-10-23-18(15)20(26)17-16(19)12-24(21(17)27)11-13-6-8-14(22)9-7-13/h4-10,26H,3,11-12H2,1-2H3. The average molecular weight is 429 g/mol. The first-order chi connectivity index (χ1) is 14.2. The van der Waals surface area contributed by atoms with E-state index in [-0.39, 0.29) is 42.3 Å². The number of hydrogen-bond donors (Lipinski definition) is 1. The van der Waals surface area contributed by atoms with E-state index in [0.717, 1.165) is 11.8 Å². The molecule has 1 amide bonds. The number of benzene rings is 2. The molecule has 30 heavy (non-hydrogen) atoms. The summed E-state index contributed by atoms with van der Waals surface area (Å²) in [6, 6.07) is 9.12. The van der Waals surface area contributed by atoms with Crippen molar-refractivity contribution >= 4 is 32.5 Å². The maximum absolute atomic E-state index is 13.2. The van der Waals surface area contributed by atoms with Gasteiger partial charge < -0.3 is 10.0 Å². The molecular weight excluding hydrogens is 409 g/mol. The molecule has 0 aliphatic carbocycles. The van der Waals surface area contributed by atoms with E-state index in [4.69, 9.17) is 0 Å². The summed E-state index contributed by atoms with van der Waals surface area (Å²) >= 11 is 0. The number of rotatable bonds is 5. The van der Waals surface area contributed by atoms with Gasteiger partial charge in [-0.3, -0.25) is 14.1 Å². The van der Waals surface area contributed by atoms with E-state index in [1.165, 1.54) is 27.5 Å². The molecule has 0 spiro atoms. The van der Waals surface area contributed by atoms with Crippen molar-refractivity contribution < 1.29 is 22.7 Å². The minimum atomic E-state index is -3.64. The Labute approximate surface area is 173 Å². The Morgan fingerprint density at radius 2 is 1.93 bits per heavy atom. The number of aromatic hydroxyl groups is 1. The molecule has 7 nitrogen and oxygen atoms in total. The van der Waals surface area contributed by atoms with Gasteiger partial charge >= 0.3 is 0 Å². The molecule has 0 saturated carbocycles. The number of phenolic OH excluding ortho intramolecular Hbond substituents is 1. The van der Waals surface area contributed by atoms with Crippen LogP contribution in [-0.2, 0) is 23.1 Å². The number of anilines is 1. The maximum atomic E-state index is 13.2. The zero-order valence-electron chi connectivity index (χ0n) is 16.5. The second-order valence-electron chi connectivity index (χ2n) is 7.17. The van der Waals surface area contributed by atoms with Crippen LogP contribution in [0.4, 0.5) is 10.1 Å². The van der Waals surface area contributed by atoms with Crippen LogP contribution >= 0.6 is 0 Å². The number of halogens is 1. The number of phenols is 1. The van der Waals surface area contributed by atoms with Gasteiger partial charge in [-0.2, -0.15) is 0 Å². The molecule has 0 saturated heterocycles. The predicted octanol–water partition coefficient (Wildman–Crippen LogP) is 3.02. The van der Waals surface area contributed by atoms with Gasteiger partial charge in [-0.25, -0.2) is 12.8 Å². The number of nitrogens with zero attached hydrogens (tertiary/aromatic N) is 3. The summed E-state index contributed by atoms with van der Waals surface area (Å²) in [7, 11) is -3.64. The number of aromatic nitrogens is 1. The number of pyridine rings is 1. The molecule has 0 atom stereocenters. The third-order valence-corrected chi connectivity index (χ3v) is 6.43. The predicted molar refractivity (Wildman–Crippen MR) is 111 cm³/mol. The SMILES string of the molecule is CCN(c1c2c(c(O)c3ncccc13)C(=O)N(Cc1ccc(F)cc1)C2)S(C)(=O)=O. The lowest BCUT2D eigenvalue weighted by atomic mass is 10.0. The molecule has 0 bridgehead atoms. The molecule has 1 aliphatic rings. The Hall–Kier alpha value is -3.20. The number of fused-ring (bicyclic) bond motifs is 2. The van der Waals surface area contributed by atoms with Gasteiger partial charge in [-0.15, -0.1) is 0 Å². The molecule has 2 aromatic carbocycles. The van der Waals surface area contributed by atoms with E-state index in [1.54, 1.807) is 31.2 Å². The van der Waals surface area contributed by atoms with Gasteiger partial charge in [-0.05, 0) is 36.8 Å². The molecule has 2 heterocycles. The first-order valence-corrected chi connectivity index (χ1v) is 11.2. The molecule has 156 valence electrons. The van der Waals surface area contributed by atoms with Gasteiger partial charge in [0.15, 0.2) is 5.75 Å². The molecule has 0 unspecified atom stereocenters. The third-order valence-electron chi connectivity index (χ3n) is 5.19. The van der Waals surface area contributed by atoms with E-state index < -0.39 is 15.9 Å². The largest absolute Gasteiger partial charge is 0.505 e. The van der Waals surface area contributed by atoms with Crippen molar-refractivity contribution in [2.45, 2.75) is 20.0 Å². The summed E-state index contributed by atoms with van der Waals surface area (Å²) in [6.07, 6.45) is 2.58. The highest BCUT2D eigenvalue weighted by atomic mass is 32.2. The number of carbonyl (C=O) groups is 1. The quantitative estimate of drug-likeness (QED) is 0.673. The number of sulfonamides is 1. The summed E-state index contributed by atoms with van der Waals surface area (Å²) in [5.74, 6) is -1.07. The van der Waals surface area contributed by atoms with Crippen molar-refractivity contribution in [3.8, 4) is 5.75 Å². The lowest BCUT2D eigenvalue weighted by molar-refractivity contribution is 0.0764. The monoisotopic (exact) mass is 429 g/mol. The Morgan fingerprint density at radius 1 is 1.23 bits per heavy atom. The van der Waals surface area contributed by atoms with Crippen LogP contribution in [0.3, 0.4) is 0 Å². The molecule has 3 aromatic rings. The second-order valence-corrected chi connectivity index (χ2v) is 9.07. The second kappa shape index (κ2) is 7.24. The Morgan fingerprint density at radius 3 is 2.57 bits per heavy atom. The van der Waals surface area contributed by atoms with Crippen LogP contribution in [0.15, 0.2) is 42.6 Å². The Balaban J connectivity index is 1.90. The fourth-order valence-corrected chi connectivity index (χ4v) is 4.92. The van der Waals surface area contributed by atoms with Crippen LogP contribution in [0.1, 0.15) is 28.4 Å². The van der Waals surface area contributed by atoms with Crippen LogP contribution in [0, 0.1) is 5.82 Å². The van der Waals surface area contributed by atoms with Gasteiger partial charge in [0, 0.05) is 36.8 Å². The molecule has 1 N–H and O–H groups in total. The normalized spacial score (nSPS) is 13.7. The molecule has 1 aromatic heterocycles. The summed E-state index contributed by atoms with van der Waals surface area (Å²) in [4.78, 5) is 18.8. The highest BCUT2D eigenvalue weighted by Crippen LogP contribution is 2.44. The van der Waals surface area contributed by atoms with Gasteiger partial charge in [0.2, 0.25) is 10.0 Å². The smallest absolute Gasteiger partial charge is 0.258 e. The topological polar surface area (TPSA) is 90.8 Å². The summed E-state index contributed by atoms with van der Waals surface area (Å²) in [6.45, 7) is 2.18. The van der Waals surface area contributed by atoms with Crippen molar-refractivity contribution in [2.75, 3.05) is 17.1 Å². The molecule has 9 heteroatoms. The average Bonchev–Trinajstić information content (AvgIpc) is 3.02. The van der Waals surface area contributed by atoms with E-state index in [9.17, 15) is 22.7 Å². The first kappa shape index (κ1) is 20.1. The van der Waals surface area contributed by atoms with E-state index in [1.807, 2.05) is 0 Å². The minimum Gasteiger partial charge on any atom is -0.505 e. The lowest BCUT2D eigenvalue weighted by Gasteiger charge is -2.25. The van der Waals surface area contributed by atoms with Crippen molar-refractivity contribution in [3.63, 3.8) is 0 Å². The molecule has 0 radical (unpaired) electrons. The third kappa shape index (κ3) is 3.24. The van der Waals surface area contributed by atoms with Gasteiger partial charge in [-0.1, -0.05) is 12.1 Å². The summed E-state index contributed by atoms with van der Waals surface area (Å²) in [5.41, 5.74) is 1.74. The number of amides is 1. The zero-order valence-corrected chi connectivity index (χ0v) is 17.3. The van der Waals surface area contributed by atoms with Gasteiger partial charge in [0.05, 0.1) is 17.5 Å². The summed E-state index contributed by atoms with van der Waals surface area (Å²) < 4.78 is 39.4. The van der Waals surface area contributed by atoms with E-state index in [0.29, 0.717) is 16.6 Å². The fourth-order valence-electron chi connectivity index (χ4n) is 3.91. The van der Waals surface area contributed by atoms with Crippen molar-refractivity contribution in [1.82, 2.24) is 9.88 Å². The number of carbonyl (C=O) groups excluding carboxylic acids is 1. The zero-order chi connectivity index (χ0) is 21.6. The Bertz CT molecular complexity index is 1260. The molecule has 0 fully saturated rings. The highest BCUT2D eigenvalue weighted by molar-refractivity contribution is 7.92. The van der Waals surface area contributed by atoms with E-state index in [2.05, 4.69) is 4.98 Å². The van der Waals surface area contributed by atoms with Crippen molar-refractivity contribution in [1.29, 1.82) is 0 Å². The van der Waals surface area contributed by atoms with Crippen LogP contribution < -0.4 is 4.31 Å².